The number of nitrogens with one attached hydrogen (secondary N) is 1. The topological polar surface area (TPSA) is 68.9 Å². The second-order valence-electron chi connectivity index (χ2n) is 8.04. The maximum Gasteiger partial charge on any atom is 0.291 e. The van der Waals surface area contributed by atoms with E-state index in [0.29, 0.717) is 18.6 Å². The molecule has 6 nitrogen and oxygen atoms in total. The third-order valence-electron chi connectivity index (χ3n) is 5.83. The molecule has 33 heavy (non-hydrogen) atoms. The highest BCUT2D eigenvalue weighted by Gasteiger charge is 2.17. The van der Waals surface area contributed by atoms with Crippen LogP contribution < -0.4 is 10.9 Å². The molecule has 0 saturated heterocycles. The Hall–Kier alpha value is -4.19. The molecule has 0 bridgehead atoms. The van der Waals surface area contributed by atoms with Crippen LogP contribution in [0.5, 0.6) is 0 Å². The molecule has 0 unspecified atom stereocenters. The zero-order chi connectivity index (χ0) is 22.6. The zero-order valence-corrected chi connectivity index (χ0v) is 18.1. The van der Waals surface area contributed by atoms with Gasteiger partial charge in [0.15, 0.2) is 0 Å². The van der Waals surface area contributed by atoms with Gasteiger partial charge >= 0.3 is 0 Å². The highest BCUT2D eigenvalue weighted by molar-refractivity contribution is 6.07. The van der Waals surface area contributed by atoms with Crippen LogP contribution in [0.2, 0.25) is 0 Å². The van der Waals surface area contributed by atoms with Crippen LogP contribution in [-0.4, -0.2) is 26.8 Å². The molecular formula is C27H24N4O2. The lowest BCUT2D eigenvalue weighted by atomic mass is 10.1. The van der Waals surface area contributed by atoms with Crippen molar-refractivity contribution >= 4 is 27.7 Å². The number of hydrogen-bond acceptors (Lipinski definition) is 3. The minimum atomic E-state index is -0.266. The summed E-state index contributed by atoms with van der Waals surface area (Å²) >= 11 is 0. The first-order valence-corrected chi connectivity index (χ1v) is 11.0. The molecule has 0 aliphatic rings. The molecule has 2 heterocycles. The predicted molar refractivity (Wildman–Crippen MR) is 130 cm³/mol. The Kier molecular flexibility index (Phi) is 5.72. The largest absolute Gasteiger partial charge is 0.354 e. The summed E-state index contributed by atoms with van der Waals surface area (Å²) in [5.74, 6) is -0.231. The molecular weight excluding hydrogens is 412 g/mol. The van der Waals surface area contributed by atoms with E-state index in [4.69, 9.17) is 0 Å². The number of amides is 1. The van der Waals surface area contributed by atoms with Gasteiger partial charge in [0.2, 0.25) is 5.91 Å². The van der Waals surface area contributed by atoms with Gasteiger partial charge in [-0.15, -0.1) is 0 Å². The average molecular weight is 437 g/mol. The number of carbonyl (C=O) groups excluding carboxylic acids is 1. The van der Waals surface area contributed by atoms with Crippen molar-refractivity contribution in [2.24, 2.45) is 0 Å². The van der Waals surface area contributed by atoms with Gasteiger partial charge in [0.1, 0.15) is 12.1 Å². The third-order valence-corrected chi connectivity index (χ3v) is 5.83. The Morgan fingerprint density at radius 3 is 2.24 bits per heavy atom. The Morgan fingerprint density at radius 2 is 1.48 bits per heavy atom. The molecule has 0 saturated carbocycles. The molecule has 0 spiro atoms. The molecule has 1 amide bonds. The number of hydrogen-bond donors (Lipinski definition) is 1. The number of rotatable bonds is 7. The molecule has 0 aliphatic carbocycles. The summed E-state index contributed by atoms with van der Waals surface area (Å²) in [5, 5.41) is 8.98. The van der Waals surface area contributed by atoms with Crippen LogP contribution in [0.1, 0.15) is 11.1 Å². The van der Waals surface area contributed by atoms with E-state index in [1.165, 1.54) is 4.68 Å². The highest BCUT2D eigenvalue weighted by atomic mass is 16.2. The minimum Gasteiger partial charge on any atom is -0.354 e. The lowest BCUT2D eigenvalue weighted by Gasteiger charge is -2.09. The van der Waals surface area contributed by atoms with Crippen molar-refractivity contribution in [3.8, 4) is 0 Å². The molecule has 0 radical (unpaired) electrons. The van der Waals surface area contributed by atoms with Crippen molar-refractivity contribution in [2.45, 2.75) is 19.5 Å². The van der Waals surface area contributed by atoms with E-state index in [1.54, 1.807) is 6.20 Å². The molecule has 6 heteroatoms. The predicted octanol–water partition coefficient (Wildman–Crippen LogP) is 3.76. The van der Waals surface area contributed by atoms with Crippen molar-refractivity contribution < 1.29 is 4.79 Å². The van der Waals surface area contributed by atoms with E-state index >= 15 is 0 Å². The zero-order valence-electron chi connectivity index (χ0n) is 18.1. The normalized spacial score (nSPS) is 11.2. The van der Waals surface area contributed by atoms with E-state index in [-0.39, 0.29) is 18.0 Å². The van der Waals surface area contributed by atoms with Crippen LogP contribution >= 0.6 is 0 Å². The first kappa shape index (κ1) is 20.7. The summed E-state index contributed by atoms with van der Waals surface area (Å²) in [6, 6.07) is 27.9. The summed E-state index contributed by atoms with van der Waals surface area (Å²) in [4.78, 5) is 26.0. The average Bonchev–Trinajstić information content (AvgIpc) is 3.16. The second-order valence-corrected chi connectivity index (χ2v) is 8.04. The maximum absolute atomic E-state index is 13.4. The van der Waals surface area contributed by atoms with Crippen molar-refractivity contribution in [3.05, 3.63) is 113 Å². The maximum atomic E-state index is 13.4. The Labute approximate surface area is 191 Å². The molecule has 0 fully saturated rings. The van der Waals surface area contributed by atoms with Gasteiger partial charge in [0.25, 0.3) is 5.56 Å². The van der Waals surface area contributed by atoms with E-state index in [9.17, 15) is 9.59 Å². The molecule has 164 valence electrons. The van der Waals surface area contributed by atoms with Crippen LogP contribution in [0.15, 0.2) is 95.9 Å². The highest BCUT2D eigenvalue weighted by Crippen LogP contribution is 2.27. The number of nitrogens with zero attached hydrogens (tertiary/aromatic N) is 3. The van der Waals surface area contributed by atoms with Crippen LogP contribution in [-0.2, 0) is 24.3 Å². The van der Waals surface area contributed by atoms with Crippen LogP contribution in [0.4, 0.5) is 0 Å². The van der Waals surface area contributed by atoms with Gasteiger partial charge in [-0.1, -0.05) is 78.9 Å². The van der Waals surface area contributed by atoms with Crippen LogP contribution in [0, 0.1) is 0 Å². The van der Waals surface area contributed by atoms with Gasteiger partial charge in [-0.2, -0.15) is 5.10 Å². The lowest BCUT2D eigenvalue weighted by Crippen LogP contribution is -2.35. The number of para-hydroxylation sites is 1. The third kappa shape index (κ3) is 4.28. The minimum absolute atomic E-state index is 0.115. The van der Waals surface area contributed by atoms with Crippen LogP contribution in [0.25, 0.3) is 21.8 Å². The summed E-state index contributed by atoms with van der Waals surface area (Å²) in [5.41, 5.74) is 3.52. The molecule has 1 N–H and O–H groups in total. The van der Waals surface area contributed by atoms with Gasteiger partial charge in [-0.05, 0) is 23.6 Å². The van der Waals surface area contributed by atoms with E-state index in [1.807, 2.05) is 89.5 Å². The lowest BCUT2D eigenvalue weighted by molar-refractivity contribution is -0.121. The van der Waals surface area contributed by atoms with Gasteiger partial charge in [-0.3, -0.25) is 9.59 Å². The fourth-order valence-electron chi connectivity index (χ4n) is 4.22. The molecule has 0 aliphatic heterocycles. The fourth-order valence-corrected chi connectivity index (χ4v) is 4.22. The Bertz CT molecular complexity index is 1470. The number of carbonyl (C=O) groups is 1. The Morgan fingerprint density at radius 1 is 0.818 bits per heavy atom. The summed E-state index contributed by atoms with van der Waals surface area (Å²) in [7, 11) is 0. The van der Waals surface area contributed by atoms with E-state index in [2.05, 4.69) is 10.4 Å². The first-order chi connectivity index (χ1) is 16.2. The summed E-state index contributed by atoms with van der Waals surface area (Å²) < 4.78 is 3.27. The second kappa shape index (κ2) is 9.12. The monoisotopic (exact) mass is 436 g/mol. The fraction of sp³-hybridized carbons (Fsp3) is 0.148. The molecule has 3 aromatic carbocycles. The summed E-state index contributed by atoms with van der Waals surface area (Å²) in [6.45, 7) is 0.956. The van der Waals surface area contributed by atoms with Gasteiger partial charge in [0, 0.05) is 29.4 Å². The Balaban J connectivity index is 1.44. The van der Waals surface area contributed by atoms with Crippen molar-refractivity contribution in [3.63, 3.8) is 0 Å². The van der Waals surface area contributed by atoms with E-state index < -0.39 is 0 Å². The number of fused-ring (bicyclic) bond motifs is 3. The van der Waals surface area contributed by atoms with Crippen molar-refractivity contribution in [1.29, 1.82) is 0 Å². The van der Waals surface area contributed by atoms with E-state index in [0.717, 1.165) is 33.8 Å². The van der Waals surface area contributed by atoms with Gasteiger partial charge in [-0.25, -0.2) is 4.68 Å². The SMILES string of the molecule is O=C(Cn1ncc2c3ccccc3n(Cc3ccccc3)c2c1=O)NCCc1ccccc1. The molecule has 5 rings (SSSR count). The van der Waals surface area contributed by atoms with Gasteiger partial charge < -0.3 is 9.88 Å². The van der Waals surface area contributed by atoms with Crippen molar-refractivity contribution in [2.75, 3.05) is 6.54 Å². The smallest absolute Gasteiger partial charge is 0.291 e. The van der Waals surface area contributed by atoms with Crippen molar-refractivity contribution in [1.82, 2.24) is 19.7 Å². The molecule has 2 aromatic heterocycles. The van der Waals surface area contributed by atoms with Gasteiger partial charge in [0.05, 0.1) is 6.20 Å². The molecule has 5 aromatic rings. The van der Waals surface area contributed by atoms with Crippen LogP contribution in [0.3, 0.4) is 0 Å². The first-order valence-electron chi connectivity index (χ1n) is 11.0. The quantitative estimate of drug-likeness (QED) is 0.422. The number of benzene rings is 3. The standard InChI is InChI=1S/C27H24N4O2/c32-25(28-16-15-20-9-3-1-4-10-20)19-31-27(33)26-23(17-29-31)22-13-7-8-14-24(22)30(26)18-21-11-5-2-6-12-21/h1-14,17H,15-16,18-19H2,(H,28,32). The number of aromatic nitrogens is 3. The molecule has 0 atom stereocenters. The summed E-state index contributed by atoms with van der Waals surface area (Å²) in [6.07, 6.45) is 2.43.